The van der Waals surface area contributed by atoms with Crippen LogP contribution in [0.1, 0.15) is 22.8 Å². The molecule has 0 fully saturated rings. The average molecular weight is 213 g/mol. The van der Waals surface area contributed by atoms with Gasteiger partial charge in [0.05, 0.1) is 4.90 Å². The van der Waals surface area contributed by atoms with Gasteiger partial charge in [-0.3, -0.25) is 4.79 Å². The van der Waals surface area contributed by atoms with Crippen molar-refractivity contribution in [2.75, 3.05) is 0 Å². The Morgan fingerprint density at radius 3 is 2.29 bits per heavy atom. The highest BCUT2D eigenvalue weighted by atomic mass is 32.2. The Morgan fingerprint density at radius 2 is 1.93 bits per heavy atom. The quantitative estimate of drug-likeness (QED) is 0.739. The van der Waals surface area contributed by atoms with Crippen LogP contribution in [0.25, 0.3) is 0 Å². The number of nitrogens with two attached hydrogens (primary N) is 1. The predicted molar refractivity (Wildman–Crippen MR) is 52.6 cm³/mol. The maximum Gasteiger partial charge on any atom is 0.238 e. The third-order valence-corrected chi connectivity index (χ3v) is 2.96. The smallest absolute Gasteiger partial charge is 0.238 e. The third kappa shape index (κ3) is 2.18. The van der Waals surface area contributed by atoms with Crippen molar-refractivity contribution in [2.24, 2.45) is 5.14 Å². The molecule has 2 N–H and O–H groups in total. The fourth-order valence-electron chi connectivity index (χ4n) is 1.19. The Morgan fingerprint density at radius 1 is 1.36 bits per heavy atom. The predicted octanol–water partition coefficient (Wildman–Crippen LogP) is 0.845. The molecule has 14 heavy (non-hydrogen) atoms. The first-order valence-corrected chi connectivity index (χ1v) is 5.51. The van der Waals surface area contributed by atoms with Crippen molar-refractivity contribution in [3.63, 3.8) is 0 Å². The van der Waals surface area contributed by atoms with Gasteiger partial charge >= 0.3 is 0 Å². The van der Waals surface area contributed by atoms with Crippen molar-refractivity contribution in [3.05, 3.63) is 29.3 Å². The zero-order valence-electron chi connectivity index (χ0n) is 7.94. The van der Waals surface area contributed by atoms with E-state index in [0.29, 0.717) is 11.1 Å². The number of aryl methyl sites for hydroxylation is 1. The van der Waals surface area contributed by atoms with Gasteiger partial charge in [0, 0.05) is 5.56 Å². The number of sulfonamides is 1. The fraction of sp³-hybridized carbons (Fsp3) is 0.222. The number of carbonyl (C=O) groups excluding carboxylic acids is 1. The van der Waals surface area contributed by atoms with Gasteiger partial charge in [0.25, 0.3) is 0 Å². The van der Waals surface area contributed by atoms with Crippen LogP contribution in [0.15, 0.2) is 23.1 Å². The van der Waals surface area contributed by atoms with Crippen molar-refractivity contribution < 1.29 is 13.2 Å². The zero-order valence-corrected chi connectivity index (χ0v) is 8.76. The second-order valence-electron chi connectivity index (χ2n) is 3.08. The standard InChI is InChI=1S/C9H11NO3S/c1-6-5-8(7(2)11)3-4-9(6)14(10,12)13/h3-5H,1-2H3,(H2,10,12,13). The molecule has 0 aliphatic carbocycles. The van der Waals surface area contributed by atoms with Crippen LogP contribution in [0, 0.1) is 6.92 Å². The average Bonchev–Trinajstić information content (AvgIpc) is 2.01. The van der Waals surface area contributed by atoms with E-state index in [-0.39, 0.29) is 10.7 Å². The molecule has 1 aromatic carbocycles. The van der Waals surface area contributed by atoms with Crippen LogP contribution >= 0.6 is 0 Å². The first kappa shape index (κ1) is 10.9. The lowest BCUT2D eigenvalue weighted by Gasteiger charge is -2.04. The number of carbonyl (C=O) groups is 1. The van der Waals surface area contributed by atoms with Gasteiger partial charge < -0.3 is 0 Å². The van der Waals surface area contributed by atoms with Crippen LogP contribution in [0.5, 0.6) is 0 Å². The van der Waals surface area contributed by atoms with Crippen molar-refractivity contribution >= 4 is 15.8 Å². The van der Waals surface area contributed by atoms with Crippen LogP contribution in [-0.2, 0) is 10.0 Å². The first-order valence-electron chi connectivity index (χ1n) is 3.97. The lowest BCUT2D eigenvalue weighted by atomic mass is 10.1. The summed E-state index contributed by atoms with van der Waals surface area (Å²) in [5.41, 5.74) is 0.968. The molecule has 0 bridgehead atoms. The molecular weight excluding hydrogens is 202 g/mol. The monoisotopic (exact) mass is 213 g/mol. The molecule has 0 aliphatic rings. The summed E-state index contributed by atoms with van der Waals surface area (Å²) >= 11 is 0. The summed E-state index contributed by atoms with van der Waals surface area (Å²) in [4.78, 5) is 11.0. The topological polar surface area (TPSA) is 77.2 Å². The Balaban J connectivity index is 3.35. The summed E-state index contributed by atoms with van der Waals surface area (Å²) < 4.78 is 22.1. The molecule has 4 nitrogen and oxygen atoms in total. The molecule has 0 saturated heterocycles. The molecule has 0 spiro atoms. The molecule has 0 radical (unpaired) electrons. The Labute approximate surface area is 82.8 Å². The molecule has 0 aliphatic heterocycles. The Bertz CT molecular complexity index is 477. The van der Waals surface area contributed by atoms with Crippen LogP contribution in [0.2, 0.25) is 0 Å². The normalized spacial score (nSPS) is 11.4. The molecule has 1 aromatic rings. The minimum Gasteiger partial charge on any atom is -0.295 e. The third-order valence-electron chi connectivity index (χ3n) is 1.89. The highest BCUT2D eigenvalue weighted by molar-refractivity contribution is 7.89. The SMILES string of the molecule is CC(=O)c1ccc(S(N)(=O)=O)c(C)c1. The fourth-order valence-corrected chi connectivity index (χ4v) is 1.95. The summed E-state index contributed by atoms with van der Waals surface area (Å²) in [7, 11) is -3.69. The molecule has 5 heteroatoms. The second-order valence-corrected chi connectivity index (χ2v) is 4.61. The van der Waals surface area contributed by atoms with Crippen LogP contribution < -0.4 is 5.14 Å². The molecule has 76 valence electrons. The van der Waals surface area contributed by atoms with E-state index in [0.717, 1.165) is 0 Å². The van der Waals surface area contributed by atoms with Crippen LogP contribution in [-0.4, -0.2) is 14.2 Å². The molecule has 1 rings (SSSR count). The number of benzene rings is 1. The van der Waals surface area contributed by atoms with Gasteiger partial charge in [0.1, 0.15) is 0 Å². The van der Waals surface area contributed by atoms with E-state index in [2.05, 4.69) is 0 Å². The van der Waals surface area contributed by atoms with E-state index in [1.54, 1.807) is 6.92 Å². The van der Waals surface area contributed by atoms with Crippen molar-refractivity contribution in [3.8, 4) is 0 Å². The molecule has 0 saturated carbocycles. The summed E-state index contributed by atoms with van der Waals surface area (Å²) in [6.07, 6.45) is 0. The molecule has 0 heterocycles. The van der Waals surface area contributed by atoms with Gasteiger partial charge in [-0.2, -0.15) is 0 Å². The van der Waals surface area contributed by atoms with Gasteiger partial charge in [-0.05, 0) is 31.5 Å². The first-order chi connectivity index (χ1) is 6.32. The second kappa shape index (κ2) is 3.51. The van der Waals surface area contributed by atoms with Gasteiger partial charge in [0.15, 0.2) is 5.78 Å². The van der Waals surface area contributed by atoms with Crippen LogP contribution in [0.3, 0.4) is 0 Å². The highest BCUT2D eigenvalue weighted by Gasteiger charge is 2.12. The van der Waals surface area contributed by atoms with E-state index in [4.69, 9.17) is 5.14 Å². The number of rotatable bonds is 2. The van der Waals surface area contributed by atoms with Gasteiger partial charge in [-0.15, -0.1) is 0 Å². The lowest BCUT2D eigenvalue weighted by molar-refractivity contribution is 0.101. The van der Waals surface area contributed by atoms with E-state index < -0.39 is 10.0 Å². The Hall–Kier alpha value is -1.20. The maximum absolute atomic E-state index is 11.0. The molecular formula is C9H11NO3S. The summed E-state index contributed by atoms with van der Waals surface area (Å²) in [6.45, 7) is 3.03. The minimum absolute atomic E-state index is 0.0579. The zero-order chi connectivity index (χ0) is 10.9. The largest absolute Gasteiger partial charge is 0.295 e. The van der Waals surface area contributed by atoms with E-state index in [9.17, 15) is 13.2 Å². The Kier molecular flexibility index (Phi) is 2.73. The van der Waals surface area contributed by atoms with Crippen molar-refractivity contribution in [1.82, 2.24) is 0 Å². The molecule has 0 amide bonds. The summed E-state index contributed by atoms with van der Waals surface area (Å²) in [6, 6.07) is 4.32. The van der Waals surface area contributed by atoms with Crippen molar-refractivity contribution in [1.29, 1.82) is 0 Å². The van der Waals surface area contributed by atoms with E-state index >= 15 is 0 Å². The number of hydrogen-bond donors (Lipinski definition) is 1. The molecule has 0 unspecified atom stereocenters. The van der Waals surface area contributed by atoms with Gasteiger partial charge in [0.2, 0.25) is 10.0 Å². The van der Waals surface area contributed by atoms with E-state index in [1.165, 1.54) is 25.1 Å². The number of hydrogen-bond acceptors (Lipinski definition) is 3. The highest BCUT2D eigenvalue weighted by Crippen LogP contribution is 2.15. The van der Waals surface area contributed by atoms with Gasteiger partial charge in [-0.25, -0.2) is 13.6 Å². The lowest BCUT2D eigenvalue weighted by Crippen LogP contribution is -2.14. The molecule has 0 aromatic heterocycles. The summed E-state index contributed by atoms with van der Waals surface area (Å²) in [5.74, 6) is -0.103. The minimum atomic E-state index is -3.69. The number of Topliss-reactive ketones (excluding diaryl/α,β-unsaturated/α-hetero) is 1. The maximum atomic E-state index is 11.0. The van der Waals surface area contributed by atoms with Gasteiger partial charge in [-0.1, -0.05) is 6.07 Å². The number of ketones is 1. The van der Waals surface area contributed by atoms with Crippen LogP contribution in [0.4, 0.5) is 0 Å². The molecule has 0 atom stereocenters. The van der Waals surface area contributed by atoms with E-state index in [1.807, 2.05) is 0 Å². The number of primary sulfonamides is 1. The van der Waals surface area contributed by atoms with Crippen molar-refractivity contribution in [2.45, 2.75) is 18.7 Å². The summed E-state index contributed by atoms with van der Waals surface area (Å²) in [5, 5.41) is 4.97.